The van der Waals surface area contributed by atoms with Gasteiger partial charge in [-0.2, -0.15) is 0 Å². The van der Waals surface area contributed by atoms with Crippen LogP contribution in [0.15, 0.2) is 30.3 Å². The molecule has 0 spiro atoms. The fourth-order valence-electron chi connectivity index (χ4n) is 1.84. The van der Waals surface area contributed by atoms with E-state index in [2.05, 4.69) is 10.3 Å². The van der Waals surface area contributed by atoms with Crippen LogP contribution in [0.5, 0.6) is 0 Å². The predicted octanol–water partition coefficient (Wildman–Crippen LogP) is 5.01. The predicted molar refractivity (Wildman–Crippen MR) is 77.4 cm³/mol. The molecule has 1 heterocycles. The van der Waals surface area contributed by atoms with Crippen LogP contribution in [0.25, 0.3) is 0 Å². The minimum Gasteiger partial charge on any atom is -0.376 e. The lowest BCUT2D eigenvalue weighted by molar-refractivity contribution is 0.623. The highest BCUT2D eigenvalue weighted by Crippen LogP contribution is 2.30. The Labute approximate surface area is 121 Å². The molecule has 1 atom stereocenters. The molecule has 0 aliphatic rings. The number of benzene rings is 1. The van der Waals surface area contributed by atoms with E-state index in [1.807, 2.05) is 19.9 Å². The third-order valence-corrected chi connectivity index (χ3v) is 3.32. The Balaban J connectivity index is 2.26. The molecular formula is C14H13Cl2FN2. The summed E-state index contributed by atoms with van der Waals surface area (Å²) in [6.45, 7) is 3.82. The number of hydrogen-bond acceptors (Lipinski definition) is 2. The summed E-state index contributed by atoms with van der Waals surface area (Å²) in [4.78, 5) is 3.99. The van der Waals surface area contributed by atoms with E-state index in [0.717, 1.165) is 11.1 Å². The first-order valence-corrected chi connectivity index (χ1v) is 6.57. The SMILES string of the molecule is Cc1cc(Cl)nc(Cl)c1NC(C)c1cccc(F)c1. The summed E-state index contributed by atoms with van der Waals surface area (Å²) in [5, 5.41) is 3.90. The minimum absolute atomic E-state index is 0.0881. The van der Waals surface area contributed by atoms with Gasteiger partial charge in [0, 0.05) is 6.04 Å². The molecule has 2 nitrogen and oxygen atoms in total. The summed E-state index contributed by atoms with van der Waals surface area (Å²) in [6.07, 6.45) is 0. The summed E-state index contributed by atoms with van der Waals surface area (Å²) >= 11 is 11.9. The topological polar surface area (TPSA) is 24.9 Å². The van der Waals surface area contributed by atoms with E-state index < -0.39 is 0 Å². The molecule has 0 aliphatic carbocycles. The van der Waals surface area contributed by atoms with E-state index in [4.69, 9.17) is 23.2 Å². The van der Waals surface area contributed by atoms with Crippen LogP contribution in [0, 0.1) is 12.7 Å². The second-order valence-corrected chi connectivity index (χ2v) is 5.09. The lowest BCUT2D eigenvalue weighted by Gasteiger charge is -2.18. The summed E-state index contributed by atoms with van der Waals surface area (Å²) in [7, 11) is 0. The number of rotatable bonds is 3. The lowest BCUT2D eigenvalue weighted by Crippen LogP contribution is -2.09. The maximum Gasteiger partial charge on any atom is 0.154 e. The molecule has 1 N–H and O–H groups in total. The zero-order valence-corrected chi connectivity index (χ0v) is 12.1. The van der Waals surface area contributed by atoms with Gasteiger partial charge in [-0.05, 0) is 43.2 Å². The summed E-state index contributed by atoms with van der Waals surface area (Å²) in [6, 6.07) is 8.08. The van der Waals surface area contributed by atoms with Gasteiger partial charge < -0.3 is 5.32 Å². The van der Waals surface area contributed by atoms with Crippen LogP contribution in [-0.2, 0) is 0 Å². The second kappa shape index (κ2) is 5.76. The van der Waals surface area contributed by atoms with Crippen LogP contribution in [0.4, 0.5) is 10.1 Å². The van der Waals surface area contributed by atoms with Gasteiger partial charge >= 0.3 is 0 Å². The third kappa shape index (κ3) is 3.37. The zero-order valence-electron chi connectivity index (χ0n) is 10.5. The molecule has 0 amide bonds. The molecule has 5 heteroatoms. The first kappa shape index (κ1) is 14.1. The van der Waals surface area contributed by atoms with Crippen LogP contribution in [-0.4, -0.2) is 4.98 Å². The van der Waals surface area contributed by atoms with Crippen molar-refractivity contribution in [2.75, 3.05) is 5.32 Å². The average Bonchev–Trinajstić information content (AvgIpc) is 2.33. The quantitative estimate of drug-likeness (QED) is 0.806. The van der Waals surface area contributed by atoms with Crippen LogP contribution >= 0.6 is 23.2 Å². The summed E-state index contributed by atoms with van der Waals surface area (Å²) in [5.74, 6) is -0.261. The number of hydrogen-bond donors (Lipinski definition) is 1. The molecule has 0 aliphatic heterocycles. The number of nitrogens with one attached hydrogen (secondary N) is 1. The van der Waals surface area contributed by atoms with Gasteiger partial charge in [-0.1, -0.05) is 35.3 Å². The smallest absolute Gasteiger partial charge is 0.154 e. The van der Waals surface area contributed by atoms with Crippen LogP contribution < -0.4 is 5.32 Å². The number of pyridine rings is 1. The number of anilines is 1. The molecule has 1 aromatic heterocycles. The molecule has 0 saturated heterocycles. The number of aryl methyl sites for hydroxylation is 1. The Hall–Kier alpha value is -1.32. The molecule has 0 fully saturated rings. The van der Waals surface area contributed by atoms with E-state index in [0.29, 0.717) is 16.0 Å². The van der Waals surface area contributed by atoms with Crippen LogP contribution in [0.3, 0.4) is 0 Å². The Bertz CT molecular complexity index is 579. The normalized spacial score (nSPS) is 12.3. The maximum atomic E-state index is 13.2. The van der Waals surface area contributed by atoms with E-state index >= 15 is 0 Å². The Kier molecular flexibility index (Phi) is 4.27. The van der Waals surface area contributed by atoms with Gasteiger partial charge in [0.05, 0.1) is 5.69 Å². The monoisotopic (exact) mass is 298 g/mol. The summed E-state index contributed by atoms with van der Waals surface area (Å²) < 4.78 is 13.2. The van der Waals surface area contributed by atoms with Crippen molar-refractivity contribution < 1.29 is 4.39 Å². The fourth-order valence-corrected chi connectivity index (χ4v) is 2.43. The van der Waals surface area contributed by atoms with Gasteiger partial charge in [0.2, 0.25) is 0 Å². The van der Waals surface area contributed by atoms with Crippen molar-refractivity contribution in [2.45, 2.75) is 19.9 Å². The van der Waals surface area contributed by atoms with Gasteiger partial charge in [0.25, 0.3) is 0 Å². The molecule has 2 rings (SSSR count). The van der Waals surface area contributed by atoms with Crippen molar-refractivity contribution in [2.24, 2.45) is 0 Å². The van der Waals surface area contributed by atoms with E-state index in [1.165, 1.54) is 12.1 Å². The Morgan fingerprint density at radius 3 is 2.63 bits per heavy atom. The molecule has 0 radical (unpaired) electrons. The van der Waals surface area contributed by atoms with Gasteiger partial charge in [-0.15, -0.1) is 0 Å². The zero-order chi connectivity index (χ0) is 14.0. The fraction of sp³-hybridized carbons (Fsp3) is 0.214. The number of nitrogens with zero attached hydrogens (tertiary/aromatic N) is 1. The average molecular weight is 299 g/mol. The van der Waals surface area contributed by atoms with Gasteiger partial charge in [-0.25, -0.2) is 9.37 Å². The third-order valence-electron chi connectivity index (χ3n) is 2.85. The Morgan fingerprint density at radius 2 is 2.00 bits per heavy atom. The van der Waals surface area contributed by atoms with E-state index in [1.54, 1.807) is 12.1 Å². The van der Waals surface area contributed by atoms with Crippen molar-refractivity contribution in [1.29, 1.82) is 0 Å². The molecular weight excluding hydrogens is 286 g/mol. The standard InChI is InChI=1S/C14H13Cl2FN2/c1-8-6-12(15)19-14(16)13(8)18-9(2)10-4-3-5-11(17)7-10/h3-7,9,18H,1-2H3. The van der Waals surface area contributed by atoms with Gasteiger partial charge in [-0.3, -0.25) is 0 Å². The van der Waals surface area contributed by atoms with Crippen molar-refractivity contribution in [3.8, 4) is 0 Å². The van der Waals surface area contributed by atoms with Crippen molar-refractivity contribution in [3.05, 3.63) is 57.6 Å². The molecule has 1 unspecified atom stereocenters. The number of halogens is 3. The van der Waals surface area contributed by atoms with Gasteiger partial charge in [0.1, 0.15) is 11.0 Å². The van der Waals surface area contributed by atoms with Crippen molar-refractivity contribution >= 4 is 28.9 Å². The van der Waals surface area contributed by atoms with Crippen LogP contribution in [0.2, 0.25) is 10.3 Å². The molecule has 0 bridgehead atoms. The van der Waals surface area contributed by atoms with Gasteiger partial charge in [0.15, 0.2) is 5.15 Å². The highest BCUT2D eigenvalue weighted by atomic mass is 35.5. The highest BCUT2D eigenvalue weighted by Gasteiger charge is 2.12. The van der Waals surface area contributed by atoms with E-state index in [-0.39, 0.29) is 11.9 Å². The molecule has 19 heavy (non-hydrogen) atoms. The number of aromatic nitrogens is 1. The largest absolute Gasteiger partial charge is 0.376 e. The molecule has 0 saturated carbocycles. The van der Waals surface area contributed by atoms with Crippen molar-refractivity contribution in [1.82, 2.24) is 4.98 Å². The second-order valence-electron chi connectivity index (χ2n) is 4.35. The minimum atomic E-state index is -0.261. The summed E-state index contributed by atoms with van der Waals surface area (Å²) in [5.41, 5.74) is 2.45. The lowest BCUT2D eigenvalue weighted by atomic mass is 10.1. The maximum absolute atomic E-state index is 13.2. The first-order valence-electron chi connectivity index (χ1n) is 5.82. The first-order chi connectivity index (χ1) is 8.97. The molecule has 2 aromatic rings. The Morgan fingerprint density at radius 1 is 1.26 bits per heavy atom. The molecule has 100 valence electrons. The van der Waals surface area contributed by atoms with E-state index in [9.17, 15) is 4.39 Å². The molecule has 1 aromatic carbocycles. The van der Waals surface area contributed by atoms with Crippen LogP contribution in [0.1, 0.15) is 24.1 Å². The van der Waals surface area contributed by atoms with Crippen molar-refractivity contribution in [3.63, 3.8) is 0 Å². The highest BCUT2D eigenvalue weighted by molar-refractivity contribution is 6.34.